The Balaban J connectivity index is 1.98. The highest BCUT2D eigenvalue weighted by atomic mass is 32.1. The number of hydrogen-bond donors (Lipinski definition) is 2. The molecule has 0 aliphatic heterocycles. The molecule has 0 saturated heterocycles. The van der Waals surface area contributed by atoms with E-state index in [4.69, 9.17) is 4.74 Å². The number of nitrogens with one attached hydrogen (secondary N) is 1. The lowest BCUT2D eigenvalue weighted by atomic mass is 9.76. The average molecular weight is 417 g/mol. The molecule has 0 unspecified atom stereocenters. The molecule has 0 saturated carbocycles. The second kappa shape index (κ2) is 8.16. The third-order valence-corrected chi connectivity index (χ3v) is 6.47. The summed E-state index contributed by atoms with van der Waals surface area (Å²) in [4.78, 5) is 28.2. The van der Waals surface area contributed by atoms with E-state index in [9.17, 15) is 14.7 Å². The number of carboxylic acid groups (broad SMARTS) is 1. The Morgan fingerprint density at radius 3 is 2.66 bits per heavy atom. The first kappa shape index (κ1) is 21.3. The summed E-state index contributed by atoms with van der Waals surface area (Å²) in [5.74, 6) is -0.723. The van der Waals surface area contributed by atoms with Gasteiger partial charge in [-0.05, 0) is 62.0 Å². The van der Waals surface area contributed by atoms with E-state index in [-0.39, 0.29) is 16.9 Å². The van der Waals surface area contributed by atoms with Crippen LogP contribution in [-0.4, -0.2) is 43.1 Å². The van der Waals surface area contributed by atoms with Gasteiger partial charge in [0.1, 0.15) is 10.8 Å². The Hall–Kier alpha value is -2.38. The van der Waals surface area contributed by atoms with Gasteiger partial charge < -0.3 is 20.1 Å². The van der Waals surface area contributed by atoms with Crippen molar-refractivity contribution in [1.82, 2.24) is 4.90 Å². The van der Waals surface area contributed by atoms with Crippen LogP contribution in [0.25, 0.3) is 0 Å². The number of aromatic carboxylic acids is 1. The molecule has 1 aromatic heterocycles. The number of hydrogen-bond acceptors (Lipinski definition) is 5. The molecular formula is C22H28N2O4S. The van der Waals surface area contributed by atoms with Crippen LogP contribution in [0.4, 0.5) is 5.00 Å². The van der Waals surface area contributed by atoms with E-state index >= 15 is 0 Å². The fourth-order valence-electron chi connectivity index (χ4n) is 3.78. The number of anilines is 1. The third-order valence-electron chi connectivity index (χ3n) is 5.26. The van der Waals surface area contributed by atoms with Crippen molar-refractivity contribution >= 4 is 28.2 Å². The normalized spacial score (nSPS) is 15.1. The molecular weight excluding hydrogens is 388 g/mol. The highest BCUT2D eigenvalue weighted by molar-refractivity contribution is 7.17. The summed E-state index contributed by atoms with van der Waals surface area (Å²) in [6.07, 6.45) is 2.56. The average Bonchev–Trinajstić information content (AvgIpc) is 2.97. The number of nitrogens with zero attached hydrogens (tertiary/aromatic N) is 1. The van der Waals surface area contributed by atoms with Gasteiger partial charge in [0.2, 0.25) is 0 Å². The van der Waals surface area contributed by atoms with Crippen molar-refractivity contribution in [1.29, 1.82) is 0 Å². The Morgan fingerprint density at radius 1 is 1.31 bits per heavy atom. The molecule has 0 spiro atoms. The fraction of sp³-hybridized carbons (Fsp3) is 0.455. The van der Waals surface area contributed by atoms with E-state index < -0.39 is 5.97 Å². The topological polar surface area (TPSA) is 78.9 Å². The number of aryl methyl sites for hydroxylation is 1. The lowest BCUT2D eigenvalue weighted by molar-refractivity contribution is 0.0696. The highest BCUT2D eigenvalue weighted by Gasteiger charge is 2.33. The number of methoxy groups -OCH3 is 1. The quantitative estimate of drug-likeness (QED) is 0.735. The largest absolute Gasteiger partial charge is 0.497 e. The van der Waals surface area contributed by atoms with Crippen molar-refractivity contribution in [3.63, 3.8) is 0 Å². The van der Waals surface area contributed by atoms with Crippen LogP contribution in [0.3, 0.4) is 0 Å². The maximum atomic E-state index is 13.1. The van der Waals surface area contributed by atoms with Crippen molar-refractivity contribution in [2.24, 2.45) is 5.41 Å². The molecule has 1 amide bonds. The number of fused-ring (bicyclic) bond motifs is 1. The van der Waals surface area contributed by atoms with Crippen molar-refractivity contribution < 1.29 is 19.4 Å². The molecule has 156 valence electrons. The number of thiophene rings is 1. The van der Waals surface area contributed by atoms with Crippen molar-refractivity contribution in [2.75, 3.05) is 26.5 Å². The zero-order chi connectivity index (χ0) is 21.3. The van der Waals surface area contributed by atoms with Gasteiger partial charge in [0.15, 0.2) is 0 Å². The minimum absolute atomic E-state index is 0.0607. The highest BCUT2D eigenvalue weighted by Crippen LogP contribution is 2.44. The first-order valence-corrected chi connectivity index (χ1v) is 10.4. The summed E-state index contributed by atoms with van der Waals surface area (Å²) in [6.45, 7) is 4.90. The molecule has 1 aliphatic carbocycles. The molecule has 3 rings (SSSR count). The zero-order valence-electron chi connectivity index (χ0n) is 17.6. The third kappa shape index (κ3) is 4.62. The van der Waals surface area contributed by atoms with Crippen molar-refractivity contribution in [3.8, 4) is 5.75 Å². The molecule has 29 heavy (non-hydrogen) atoms. The zero-order valence-corrected chi connectivity index (χ0v) is 18.4. The van der Waals surface area contributed by atoms with Gasteiger partial charge >= 0.3 is 5.97 Å². The standard InChI is InChI=1S/C22H28N2O4S/c1-22(2)9-8-17-16(11-22)18(21(26)27)20(29-17)23-19(25)15-10-14(28-5)7-6-13(15)12-24(3)4/h6-7,10H,8-9,11-12H2,1-5H3,(H,23,25)(H,26,27). The van der Waals surface area contributed by atoms with Crippen LogP contribution in [0, 0.1) is 5.41 Å². The molecule has 1 heterocycles. The Bertz CT molecular complexity index is 947. The lowest BCUT2D eigenvalue weighted by Gasteiger charge is -2.29. The maximum absolute atomic E-state index is 13.1. The summed E-state index contributed by atoms with van der Waals surface area (Å²) >= 11 is 1.39. The minimum atomic E-state index is -0.991. The van der Waals surface area contributed by atoms with E-state index in [1.165, 1.54) is 11.3 Å². The molecule has 2 N–H and O–H groups in total. The Labute approximate surface area is 175 Å². The Kier molecular flexibility index (Phi) is 6.00. The van der Waals surface area contributed by atoms with Gasteiger partial charge in [0.25, 0.3) is 5.91 Å². The van der Waals surface area contributed by atoms with Crippen LogP contribution >= 0.6 is 11.3 Å². The second-order valence-electron chi connectivity index (χ2n) is 8.57. The number of carbonyl (C=O) groups is 2. The van der Waals surface area contributed by atoms with Gasteiger partial charge in [-0.2, -0.15) is 0 Å². The number of ether oxygens (including phenoxy) is 1. The van der Waals surface area contributed by atoms with Gasteiger partial charge in [-0.25, -0.2) is 4.79 Å². The minimum Gasteiger partial charge on any atom is -0.497 e. The predicted molar refractivity (Wildman–Crippen MR) is 115 cm³/mol. The van der Waals surface area contributed by atoms with E-state index in [2.05, 4.69) is 19.2 Å². The maximum Gasteiger partial charge on any atom is 0.339 e. The van der Waals surface area contributed by atoms with Gasteiger partial charge in [-0.3, -0.25) is 4.79 Å². The van der Waals surface area contributed by atoms with Gasteiger partial charge in [-0.1, -0.05) is 19.9 Å². The van der Waals surface area contributed by atoms with Crippen molar-refractivity contribution in [2.45, 2.75) is 39.7 Å². The molecule has 0 radical (unpaired) electrons. The van der Waals surface area contributed by atoms with Gasteiger partial charge in [0.05, 0.1) is 12.7 Å². The first-order valence-electron chi connectivity index (χ1n) is 9.62. The molecule has 0 atom stereocenters. The Morgan fingerprint density at radius 2 is 2.03 bits per heavy atom. The number of carboxylic acids is 1. The van der Waals surface area contributed by atoms with Gasteiger partial charge in [0, 0.05) is 17.0 Å². The summed E-state index contributed by atoms with van der Waals surface area (Å²) in [5, 5.41) is 13.2. The summed E-state index contributed by atoms with van der Waals surface area (Å²) in [7, 11) is 5.42. The molecule has 7 heteroatoms. The SMILES string of the molecule is COc1ccc(CN(C)C)c(C(=O)Nc2sc3c(c2C(=O)O)CC(C)(C)CC3)c1. The molecule has 1 aromatic carbocycles. The summed E-state index contributed by atoms with van der Waals surface area (Å²) < 4.78 is 5.28. The molecule has 6 nitrogen and oxygen atoms in total. The lowest BCUT2D eigenvalue weighted by Crippen LogP contribution is -2.23. The van der Waals surface area contributed by atoms with E-state index in [1.54, 1.807) is 13.2 Å². The van der Waals surface area contributed by atoms with E-state index in [1.807, 2.05) is 31.1 Å². The second-order valence-corrected chi connectivity index (χ2v) is 9.67. The predicted octanol–water partition coefficient (Wildman–Crippen LogP) is 4.28. The molecule has 0 fully saturated rings. The smallest absolute Gasteiger partial charge is 0.339 e. The van der Waals surface area contributed by atoms with Crippen LogP contribution in [0.5, 0.6) is 5.75 Å². The van der Waals surface area contributed by atoms with Crippen molar-refractivity contribution in [3.05, 3.63) is 45.3 Å². The summed E-state index contributed by atoms with van der Waals surface area (Å²) in [5.41, 5.74) is 2.51. The van der Waals surface area contributed by atoms with Gasteiger partial charge in [-0.15, -0.1) is 11.3 Å². The molecule has 0 bridgehead atoms. The van der Waals surface area contributed by atoms with Crippen LogP contribution in [-0.2, 0) is 19.4 Å². The van der Waals surface area contributed by atoms with Crippen LogP contribution in [0.1, 0.15) is 57.0 Å². The monoisotopic (exact) mass is 416 g/mol. The van der Waals surface area contributed by atoms with E-state index in [0.717, 1.165) is 28.8 Å². The first-order chi connectivity index (χ1) is 13.6. The van der Waals surface area contributed by atoms with Crippen LogP contribution < -0.4 is 10.1 Å². The molecule has 2 aromatic rings. The number of benzene rings is 1. The van der Waals surface area contributed by atoms with Crippen LogP contribution in [0.2, 0.25) is 0 Å². The number of amides is 1. The van der Waals surface area contributed by atoms with Crippen LogP contribution in [0.15, 0.2) is 18.2 Å². The number of rotatable bonds is 6. The number of carbonyl (C=O) groups excluding carboxylic acids is 1. The fourth-order valence-corrected chi connectivity index (χ4v) is 4.98. The van der Waals surface area contributed by atoms with E-state index in [0.29, 0.717) is 29.3 Å². The summed E-state index contributed by atoms with van der Waals surface area (Å²) in [6, 6.07) is 5.39. The molecule has 1 aliphatic rings.